The molecule has 0 spiro atoms. The Morgan fingerprint density at radius 3 is 2.71 bits per heavy atom. The number of hydrogen-bond acceptors (Lipinski definition) is 5. The monoisotopic (exact) mass is 421 g/mol. The van der Waals surface area contributed by atoms with E-state index in [1.165, 1.54) is 12.4 Å². The van der Waals surface area contributed by atoms with Crippen LogP contribution < -0.4 is 5.32 Å². The molecule has 0 bridgehead atoms. The minimum absolute atomic E-state index is 0.236. The maximum absolute atomic E-state index is 12.9. The highest BCUT2D eigenvalue weighted by atomic mass is 19.3. The van der Waals surface area contributed by atoms with Gasteiger partial charge in [0.05, 0.1) is 23.0 Å². The summed E-state index contributed by atoms with van der Waals surface area (Å²) in [5.41, 5.74) is 4.55. The summed E-state index contributed by atoms with van der Waals surface area (Å²) < 4.78 is 26.2. The lowest BCUT2D eigenvalue weighted by Gasteiger charge is -2.12. The van der Waals surface area contributed by atoms with E-state index in [1.54, 1.807) is 39.0 Å². The number of aromatic amines is 1. The van der Waals surface area contributed by atoms with Crippen molar-refractivity contribution in [3.05, 3.63) is 58.7 Å². The molecule has 0 aliphatic rings. The van der Waals surface area contributed by atoms with Crippen LogP contribution in [-0.2, 0) is 0 Å². The molecule has 8 nitrogen and oxygen atoms in total. The Morgan fingerprint density at radius 2 is 2.03 bits per heavy atom. The lowest BCUT2D eigenvalue weighted by Crippen LogP contribution is -2.17. The summed E-state index contributed by atoms with van der Waals surface area (Å²) >= 11 is 0. The van der Waals surface area contributed by atoms with Crippen molar-refractivity contribution in [2.45, 2.75) is 27.3 Å². The average Bonchev–Trinajstić information content (AvgIpc) is 3.37. The number of fused-ring (bicyclic) bond motifs is 1. The first kappa shape index (κ1) is 20.2. The van der Waals surface area contributed by atoms with Gasteiger partial charge in [0.25, 0.3) is 5.91 Å². The summed E-state index contributed by atoms with van der Waals surface area (Å²) in [6.45, 7) is 2.47. The maximum Gasteiger partial charge on any atom is 0.333 e. The van der Waals surface area contributed by atoms with E-state index in [4.69, 9.17) is 0 Å². The van der Waals surface area contributed by atoms with Gasteiger partial charge in [-0.1, -0.05) is 0 Å². The number of nitrogens with one attached hydrogen (secondary N) is 2. The molecule has 31 heavy (non-hydrogen) atoms. The van der Waals surface area contributed by atoms with E-state index in [0.717, 1.165) is 0 Å². The Morgan fingerprint density at radius 1 is 1.26 bits per heavy atom. The van der Waals surface area contributed by atoms with E-state index in [0.29, 0.717) is 54.9 Å². The van der Waals surface area contributed by atoms with Crippen LogP contribution in [0, 0.1) is 32.1 Å². The lowest BCUT2D eigenvalue weighted by molar-refractivity contribution is 0.0566. The largest absolute Gasteiger partial charge is 0.333 e. The highest BCUT2D eigenvalue weighted by molar-refractivity contribution is 6.05. The minimum Gasteiger partial charge on any atom is -0.321 e. The van der Waals surface area contributed by atoms with E-state index >= 15 is 0 Å². The molecule has 0 aliphatic heterocycles. The van der Waals surface area contributed by atoms with Gasteiger partial charge in [-0.3, -0.25) is 9.89 Å². The molecule has 2 N–H and O–H groups in total. The third-order valence-corrected chi connectivity index (χ3v) is 5.16. The number of hydrogen-bond donors (Lipinski definition) is 2. The van der Waals surface area contributed by atoms with Crippen LogP contribution in [0.3, 0.4) is 0 Å². The van der Waals surface area contributed by atoms with Gasteiger partial charge in [-0.15, -0.1) is 0 Å². The summed E-state index contributed by atoms with van der Waals surface area (Å²) in [5, 5.41) is 23.4. The molecule has 3 heterocycles. The van der Waals surface area contributed by atoms with Crippen molar-refractivity contribution in [1.29, 1.82) is 5.26 Å². The molecule has 0 saturated heterocycles. The number of alkyl halides is 2. The number of nitrogens with zero attached hydrogens (tertiary/aromatic N) is 5. The van der Waals surface area contributed by atoms with E-state index in [-0.39, 0.29) is 5.69 Å². The Bertz CT molecular complexity index is 1360. The second-order valence-electron chi connectivity index (χ2n) is 7.06. The highest BCUT2D eigenvalue weighted by Crippen LogP contribution is 2.29. The van der Waals surface area contributed by atoms with Gasteiger partial charge in [0, 0.05) is 22.8 Å². The predicted molar refractivity (Wildman–Crippen MR) is 110 cm³/mol. The molecule has 1 aromatic carbocycles. The number of rotatable bonds is 4. The van der Waals surface area contributed by atoms with Crippen LogP contribution in [0.2, 0.25) is 0 Å². The number of carbonyl (C=O) groups is 1. The van der Waals surface area contributed by atoms with Crippen molar-refractivity contribution < 1.29 is 13.6 Å². The Balaban J connectivity index is 1.68. The van der Waals surface area contributed by atoms with Crippen LogP contribution in [0.1, 0.15) is 39.4 Å². The van der Waals surface area contributed by atoms with E-state index in [2.05, 4.69) is 31.7 Å². The maximum atomic E-state index is 12.9. The normalized spacial score (nSPS) is 11.1. The van der Waals surface area contributed by atoms with Crippen LogP contribution in [0.5, 0.6) is 0 Å². The zero-order chi connectivity index (χ0) is 22.3. The third-order valence-electron chi connectivity index (χ3n) is 5.16. The third kappa shape index (κ3) is 3.50. The number of anilines is 1. The fraction of sp³-hybridized carbons (Fsp3) is 0.190. The topological polar surface area (TPSA) is 112 Å². The predicted octanol–water partition coefficient (Wildman–Crippen LogP) is 4.27. The Labute approximate surface area is 175 Å². The van der Waals surface area contributed by atoms with Gasteiger partial charge in [0.1, 0.15) is 17.5 Å². The van der Waals surface area contributed by atoms with Gasteiger partial charge in [-0.2, -0.15) is 24.2 Å². The second kappa shape index (κ2) is 7.60. The summed E-state index contributed by atoms with van der Waals surface area (Å²) in [7, 11) is 0. The first-order valence-corrected chi connectivity index (χ1v) is 9.30. The fourth-order valence-corrected chi connectivity index (χ4v) is 3.40. The summed E-state index contributed by atoms with van der Waals surface area (Å²) in [6, 6.07) is 7.24. The molecule has 0 radical (unpaired) electrons. The van der Waals surface area contributed by atoms with Crippen molar-refractivity contribution in [3.8, 4) is 17.3 Å². The van der Waals surface area contributed by atoms with Gasteiger partial charge >= 0.3 is 6.55 Å². The van der Waals surface area contributed by atoms with Crippen LogP contribution >= 0.6 is 0 Å². The molecule has 4 aromatic rings. The van der Waals surface area contributed by atoms with Crippen LogP contribution in [0.25, 0.3) is 22.2 Å². The van der Waals surface area contributed by atoms with Crippen LogP contribution in [0.15, 0.2) is 30.6 Å². The highest BCUT2D eigenvalue weighted by Gasteiger charge is 2.19. The SMILES string of the molecule is Cc1nc(C(=O)Nc2ccc3[nH]nc(-c4cnn(C(F)F)c4)c3c2)c(C)c(C)c1C#N. The van der Waals surface area contributed by atoms with Crippen molar-refractivity contribution in [2.75, 3.05) is 5.32 Å². The van der Waals surface area contributed by atoms with E-state index in [1.807, 2.05) is 0 Å². The Hall–Kier alpha value is -4.13. The average molecular weight is 421 g/mol. The molecule has 3 aromatic heterocycles. The number of aromatic nitrogens is 5. The van der Waals surface area contributed by atoms with Crippen LogP contribution in [0.4, 0.5) is 14.5 Å². The molecule has 0 unspecified atom stereocenters. The Kier molecular flexibility index (Phi) is 4.94. The fourth-order valence-electron chi connectivity index (χ4n) is 3.40. The molecule has 0 atom stereocenters. The molecular formula is C21H17F2N7O. The summed E-state index contributed by atoms with van der Waals surface area (Å²) in [6.07, 6.45) is 2.52. The number of benzene rings is 1. The molecule has 0 saturated carbocycles. The number of aryl methyl sites for hydroxylation is 1. The second-order valence-corrected chi connectivity index (χ2v) is 7.06. The first-order valence-electron chi connectivity index (χ1n) is 9.30. The van der Waals surface area contributed by atoms with Gasteiger partial charge in [-0.05, 0) is 50.1 Å². The van der Waals surface area contributed by atoms with E-state index < -0.39 is 12.5 Å². The zero-order valence-corrected chi connectivity index (χ0v) is 16.9. The van der Waals surface area contributed by atoms with E-state index in [9.17, 15) is 18.8 Å². The van der Waals surface area contributed by atoms with Crippen molar-refractivity contribution in [2.24, 2.45) is 0 Å². The zero-order valence-electron chi connectivity index (χ0n) is 16.9. The standard InChI is InChI=1S/C21H17F2N7O/c1-10-11(2)18(26-12(3)16(10)7-24)20(31)27-14-4-5-17-15(6-14)19(29-28-17)13-8-25-30(9-13)21(22)23/h4-6,8-9,21H,1-3H3,(H,27,31)(H,28,29). The molecule has 4 rings (SSSR count). The molecular weight excluding hydrogens is 404 g/mol. The number of halogens is 2. The first-order chi connectivity index (χ1) is 14.8. The van der Waals surface area contributed by atoms with Gasteiger partial charge < -0.3 is 5.32 Å². The van der Waals surface area contributed by atoms with Gasteiger partial charge in [0.15, 0.2) is 0 Å². The van der Waals surface area contributed by atoms with Crippen LogP contribution in [-0.4, -0.2) is 30.9 Å². The number of carbonyl (C=O) groups excluding carboxylic acids is 1. The molecule has 10 heteroatoms. The molecule has 0 aliphatic carbocycles. The summed E-state index contributed by atoms with van der Waals surface area (Å²) in [5.74, 6) is -0.414. The van der Waals surface area contributed by atoms with Gasteiger partial charge in [-0.25, -0.2) is 9.67 Å². The molecule has 0 fully saturated rings. The number of nitriles is 1. The minimum atomic E-state index is -2.75. The quantitative estimate of drug-likeness (QED) is 0.511. The van der Waals surface area contributed by atoms with Crippen molar-refractivity contribution in [3.63, 3.8) is 0 Å². The lowest BCUT2D eigenvalue weighted by atomic mass is 10.0. The molecule has 156 valence electrons. The van der Waals surface area contributed by atoms with Crippen molar-refractivity contribution in [1.82, 2.24) is 25.0 Å². The smallest absolute Gasteiger partial charge is 0.321 e. The number of pyridine rings is 1. The number of H-pyrrole nitrogens is 1. The van der Waals surface area contributed by atoms with Gasteiger partial charge in [0.2, 0.25) is 0 Å². The number of amides is 1. The summed E-state index contributed by atoms with van der Waals surface area (Å²) in [4.78, 5) is 17.2. The van der Waals surface area contributed by atoms with Crippen molar-refractivity contribution >= 4 is 22.5 Å². The molecule has 1 amide bonds.